The highest BCUT2D eigenvalue weighted by molar-refractivity contribution is 7.10. The minimum Gasteiger partial charge on any atom is -0.297 e. The lowest BCUT2D eigenvalue weighted by atomic mass is 10.0. The highest BCUT2D eigenvalue weighted by Gasteiger charge is 2.18. The summed E-state index contributed by atoms with van der Waals surface area (Å²) >= 11 is 1.03. The molecule has 0 fully saturated rings. The average molecular weight is 422 g/mol. The van der Waals surface area contributed by atoms with Crippen LogP contribution < -0.4 is 5.32 Å². The molecule has 0 saturated carbocycles. The van der Waals surface area contributed by atoms with Gasteiger partial charge in [0.05, 0.1) is 11.4 Å². The number of hydrogen-bond acceptors (Lipinski definition) is 6. The molecule has 2 aromatic heterocycles. The normalized spacial score (nSPS) is 11.1. The van der Waals surface area contributed by atoms with Crippen molar-refractivity contribution in [3.05, 3.63) is 71.2 Å². The largest absolute Gasteiger partial charge is 0.297 e. The maximum absolute atomic E-state index is 13.3. The van der Waals surface area contributed by atoms with E-state index in [-0.39, 0.29) is 5.56 Å². The zero-order chi connectivity index (χ0) is 21.3. The molecule has 0 spiro atoms. The molecule has 4 aromatic rings. The number of nitrogens with one attached hydrogen (secondary N) is 1. The third kappa shape index (κ3) is 3.97. The minimum absolute atomic E-state index is 0.207. The zero-order valence-corrected chi connectivity index (χ0v) is 17.4. The highest BCUT2D eigenvalue weighted by Crippen LogP contribution is 2.25. The van der Waals surface area contributed by atoms with E-state index in [9.17, 15) is 9.18 Å². The van der Waals surface area contributed by atoms with Crippen molar-refractivity contribution in [3.63, 3.8) is 0 Å². The maximum atomic E-state index is 13.3. The van der Waals surface area contributed by atoms with E-state index >= 15 is 0 Å². The van der Waals surface area contributed by atoms with Gasteiger partial charge in [-0.25, -0.2) is 9.07 Å². The van der Waals surface area contributed by atoms with E-state index in [4.69, 9.17) is 0 Å². The van der Waals surface area contributed by atoms with Crippen LogP contribution in [0.3, 0.4) is 0 Å². The van der Waals surface area contributed by atoms with Gasteiger partial charge in [0.1, 0.15) is 5.82 Å². The molecule has 0 bridgehead atoms. The number of nitrogens with zero attached hydrogens (tertiary/aromatic N) is 5. The monoisotopic (exact) mass is 422 g/mol. The van der Waals surface area contributed by atoms with Crippen LogP contribution >= 0.6 is 11.5 Å². The van der Waals surface area contributed by atoms with E-state index in [0.29, 0.717) is 22.6 Å². The first kappa shape index (κ1) is 19.8. The molecule has 0 atom stereocenters. The quantitative estimate of drug-likeness (QED) is 0.508. The summed E-state index contributed by atoms with van der Waals surface area (Å²) in [6.45, 7) is 6.18. The summed E-state index contributed by atoms with van der Waals surface area (Å²) in [6.07, 6.45) is 0. The fraction of sp³-hybridized carbons (Fsp3) is 0.190. The van der Waals surface area contributed by atoms with Gasteiger partial charge in [-0.05, 0) is 48.7 Å². The summed E-state index contributed by atoms with van der Waals surface area (Å²) < 4.78 is 19.3. The first-order chi connectivity index (χ1) is 14.4. The molecule has 2 aromatic carbocycles. The SMILES string of the molecule is Cc1c(-c2nsc(NC(=O)c3cccc(F)c3)n2)nnn1-c1ccc(C(C)C)cc1. The third-order valence-corrected chi connectivity index (χ3v) is 5.27. The molecule has 7 nitrogen and oxygen atoms in total. The average Bonchev–Trinajstić information content (AvgIpc) is 3.34. The van der Waals surface area contributed by atoms with Crippen molar-refractivity contribution in [1.29, 1.82) is 0 Å². The van der Waals surface area contributed by atoms with Crippen molar-refractivity contribution in [2.24, 2.45) is 0 Å². The van der Waals surface area contributed by atoms with Gasteiger partial charge in [-0.1, -0.05) is 37.3 Å². The smallest absolute Gasteiger partial charge is 0.257 e. The van der Waals surface area contributed by atoms with Gasteiger partial charge < -0.3 is 0 Å². The van der Waals surface area contributed by atoms with E-state index in [1.165, 1.54) is 23.8 Å². The minimum atomic E-state index is -0.478. The topological polar surface area (TPSA) is 85.6 Å². The molecule has 4 rings (SSSR count). The summed E-state index contributed by atoms with van der Waals surface area (Å²) in [5, 5.41) is 11.4. The Bertz CT molecular complexity index is 1200. The predicted octanol–water partition coefficient (Wildman–Crippen LogP) is 4.61. The molecule has 152 valence electrons. The second-order valence-corrected chi connectivity index (χ2v) is 7.82. The van der Waals surface area contributed by atoms with Crippen molar-refractivity contribution >= 4 is 22.6 Å². The molecule has 0 aliphatic rings. The molecule has 1 N–H and O–H groups in total. The lowest BCUT2D eigenvalue weighted by Gasteiger charge is -2.07. The molecular weight excluding hydrogens is 403 g/mol. The Labute approximate surface area is 176 Å². The molecule has 0 aliphatic carbocycles. The van der Waals surface area contributed by atoms with E-state index in [2.05, 4.69) is 51.0 Å². The standard InChI is InChI=1S/C21H19FN6OS/c1-12(2)14-7-9-17(10-8-14)28-13(3)18(25-27-28)19-23-21(30-26-19)24-20(29)15-5-4-6-16(22)11-15/h4-12H,1-3H3,(H,23,24,26,29). The molecule has 30 heavy (non-hydrogen) atoms. The number of aromatic nitrogens is 5. The Balaban J connectivity index is 1.54. The lowest BCUT2D eigenvalue weighted by Crippen LogP contribution is -2.11. The van der Waals surface area contributed by atoms with E-state index in [0.717, 1.165) is 29.0 Å². The Morgan fingerprint density at radius 2 is 1.93 bits per heavy atom. The van der Waals surface area contributed by atoms with Crippen LogP contribution in [0.1, 0.15) is 41.4 Å². The maximum Gasteiger partial charge on any atom is 0.257 e. The van der Waals surface area contributed by atoms with Gasteiger partial charge in [-0.2, -0.15) is 9.36 Å². The number of amides is 1. The number of hydrogen-bond donors (Lipinski definition) is 1. The highest BCUT2D eigenvalue weighted by atomic mass is 32.1. The number of rotatable bonds is 5. The summed E-state index contributed by atoms with van der Waals surface area (Å²) in [4.78, 5) is 16.6. The van der Waals surface area contributed by atoms with E-state index < -0.39 is 11.7 Å². The van der Waals surface area contributed by atoms with Crippen molar-refractivity contribution in [3.8, 4) is 17.2 Å². The predicted molar refractivity (Wildman–Crippen MR) is 113 cm³/mol. The molecule has 0 unspecified atom stereocenters. The van der Waals surface area contributed by atoms with Crippen LogP contribution in [-0.4, -0.2) is 30.3 Å². The second kappa shape index (κ2) is 8.11. The van der Waals surface area contributed by atoms with Gasteiger partial charge in [0.15, 0.2) is 11.5 Å². The van der Waals surface area contributed by atoms with Crippen molar-refractivity contribution in [2.75, 3.05) is 5.32 Å². The third-order valence-electron chi connectivity index (χ3n) is 4.64. The Morgan fingerprint density at radius 1 is 1.17 bits per heavy atom. The molecule has 0 radical (unpaired) electrons. The van der Waals surface area contributed by atoms with Gasteiger partial charge in [0, 0.05) is 17.1 Å². The van der Waals surface area contributed by atoms with Gasteiger partial charge >= 0.3 is 0 Å². The van der Waals surface area contributed by atoms with Crippen LogP contribution in [0.5, 0.6) is 0 Å². The van der Waals surface area contributed by atoms with Gasteiger partial charge in [-0.3, -0.25) is 10.1 Å². The van der Waals surface area contributed by atoms with E-state index in [1.807, 2.05) is 19.1 Å². The van der Waals surface area contributed by atoms with Crippen molar-refractivity contribution in [2.45, 2.75) is 26.7 Å². The first-order valence-electron chi connectivity index (χ1n) is 9.36. The fourth-order valence-electron chi connectivity index (χ4n) is 2.95. The Kier molecular flexibility index (Phi) is 5.37. The van der Waals surface area contributed by atoms with Crippen LogP contribution in [-0.2, 0) is 0 Å². The van der Waals surface area contributed by atoms with Crippen molar-refractivity contribution < 1.29 is 9.18 Å². The van der Waals surface area contributed by atoms with Crippen LogP contribution in [0.4, 0.5) is 9.52 Å². The summed E-state index contributed by atoms with van der Waals surface area (Å²) in [5.74, 6) is -0.110. The van der Waals surface area contributed by atoms with Gasteiger partial charge in [0.2, 0.25) is 5.13 Å². The van der Waals surface area contributed by atoms with Gasteiger partial charge in [0.25, 0.3) is 5.91 Å². The number of benzene rings is 2. The van der Waals surface area contributed by atoms with Crippen molar-refractivity contribution in [1.82, 2.24) is 24.4 Å². The van der Waals surface area contributed by atoms with Crippen LogP contribution in [0.2, 0.25) is 0 Å². The number of anilines is 1. The Morgan fingerprint density at radius 3 is 2.63 bits per heavy atom. The number of carbonyl (C=O) groups excluding carboxylic acids is 1. The van der Waals surface area contributed by atoms with Crippen LogP contribution in [0.25, 0.3) is 17.2 Å². The second-order valence-electron chi connectivity index (χ2n) is 7.07. The number of carbonyl (C=O) groups is 1. The van der Waals surface area contributed by atoms with E-state index in [1.54, 1.807) is 4.68 Å². The molecule has 0 saturated heterocycles. The summed E-state index contributed by atoms with van der Waals surface area (Å²) in [6, 6.07) is 13.6. The Hall–Kier alpha value is -3.46. The first-order valence-corrected chi connectivity index (χ1v) is 10.1. The molecule has 2 heterocycles. The molecular formula is C21H19FN6OS. The van der Waals surface area contributed by atoms with Crippen LogP contribution in [0, 0.1) is 12.7 Å². The molecule has 0 aliphatic heterocycles. The van der Waals surface area contributed by atoms with Crippen LogP contribution in [0.15, 0.2) is 48.5 Å². The summed E-state index contributed by atoms with van der Waals surface area (Å²) in [7, 11) is 0. The molecule has 9 heteroatoms. The lowest BCUT2D eigenvalue weighted by molar-refractivity contribution is 0.102. The molecule has 1 amide bonds. The van der Waals surface area contributed by atoms with Gasteiger partial charge in [-0.15, -0.1) is 5.10 Å². The number of halogens is 1. The summed E-state index contributed by atoms with van der Waals surface area (Å²) in [5.41, 5.74) is 3.67. The zero-order valence-electron chi connectivity index (χ0n) is 16.6. The fourth-order valence-corrected chi connectivity index (χ4v) is 3.52.